The van der Waals surface area contributed by atoms with Gasteiger partial charge in [-0.1, -0.05) is 0 Å². The Labute approximate surface area is 160 Å². The molecule has 0 bridgehead atoms. The molecule has 1 aliphatic rings. The molecule has 0 unspecified atom stereocenters. The first-order valence-electron chi connectivity index (χ1n) is 8.76. The van der Waals surface area contributed by atoms with Crippen LogP contribution in [0.3, 0.4) is 0 Å². The van der Waals surface area contributed by atoms with Crippen LogP contribution in [-0.2, 0) is 16.5 Å². The summed E-state index contributed by atoms with van der Waals surface area (Å²) >= 11 is 0. The minimum atomic E-state index is -4.64. The van der Waals surface area contributed by atoms with Gasteiger partial charge in [0.25, 0.3) is 0 Å². The molecule has 28 heavy (non-hydrogen) atoms. The lowest BCUT2D eigenvalue weighted by atomic mass is 10.0. The molecule has 2 aromatic heterocycles. The van der Waals surface area contributed by atoms with E-state index in [0.717, 1.165) is 12.3 Å². The number of nitrogens with zero attached hydrogens (tertiary/aromatic N) is 4. The van der Waals surface area contributed by atoms with Crippen LogP contribution in [0.5, 0.6) is 0 Å². The summed E-state index contributed by atoms with van der Waals surface area (Å²) in [7, 11) is 0. The van der Waals surface area contributed by atoms with Gasteiger partial charge in [0.1, 0.15) is 11.4 Å². The first kappa shape index (κ1) is 20.3. The molecular weight excluding hydrogens is 375 g/mol. The first-order valence-corrected chi connectivity index (χ1v) is 8.76. The van der Waals surface area contributed by atoms with Crippen LogP contribution in [0.4, 0.5) is 24.9 Å². The summed E-state index contributed by atoms with van der Waals surface area (Å²) in [6, 6.07) is 2.06. The van der Waals surface area contributed by atoms with Crippen LogP contribution in [0.2, 0.25) is 0 Å². The number of anilines is 2. The number of nitrogen functional groups attached to an aromatic ring is 1. The van der Waals surface area contributed by atoms with Crippen molar-refractivity contribution >= 4 is 11.8 Å². The van der Waals surface area contributed by atoms with Crippen molar-refractivity contribution in [2.75, 3.05) is 30.4 Å². The molecule has 2 aromatic rings. The number of alkyl halides is 3. The van der Waals surface area contributed by atoms with E-state index in [0.29, 0.717) is 19.8 Å². The van der Waals surface area contributed by atoms with Crippen molar-refractivity contribution in [2.24, 2.45) is 0 Å². The number of ether oxygens (including phenoxy) is 1. The topological polar surface area (TPSA) is 97.4 Å². The van der Waals surface area contributed by atoms with Gasteiger partial charge in [-0.3, -0.25) is 0 Å². The summed E-state index contributed by atoms with van der Waals surface area (Å²) in [5.74, 6) is -0.00904. The van der Waals surface area contributed by atoms with E-state index in [-0.39, 0.29) is 34.8 Å². The molecule has 1 fully saturated rings. The maximum Gasteiger partial charge on any atom is 0.417 e. The van der Waals surface area contributed by atoms with E-state index in [1.54, 1.807) is 0 Å². The summed E-state index contributed by atoms with van der Waals surface area (Å²) < 4.78 is 46.1. The first-order chi connectivity index (χ1) is 13.0. The van der Waals surface area contributed by atoms with E-state index >= 15 is 0 Å². The van der Waals surface area contributed by atoms with Crippen molar-refractivity contribution in [3.05, 3.63) is 29.6 Å². The average molecular weight is 397 g/mol. The number of pyridine rings is 1. The Morgan fingerprint density at radius 2 is 1.96 bits per heavy atom. The van der Waals surface area contributed by atoms with Crippen LogP contribution >= 0.6 is 0 Å². The third kappa shape index (κ3) is 4.17. The number of halogens is 3. The highest BCUT2D eigenvalue weighted by molar-refractivity contribution is 5.67. The molecule has 3 rings (SSSR count). The van der Waals surface area contributed by atoms with E-state index in [1.165, 1.54) is 19.9 Å². The van der Waals surface area contributed by atoms with Gasteiger partial charge < -0.3 is 20.5 Å². The zero-order valence-electron chi connectivity index (χ0n) is 15.8. The molecule has 0 aromatic carbocycles. The second-order valence-corrected chi connectivity index (χ2v) is 7.27. The Morgan fingerprint density at radius 1 is 1.25 bits per heavy atom. The third-order valence-electron chi connectivity index (χ3n) is 4.47. The summed E-state index contributed by atoms with van der Waals surface area (Å²) in [6.07, 6.45) is -3.60. The van der Waals surface area contributed by atoms with Crippen LogP contribution in [0.15, 0.2) is 18.3 Å². The quantitative estimate of drug-likeness (QED) is 0.822. The lowest BCUT2D eigenvalue weighted by Crippen LogP contribution is -2.45. The molecule has 3 heterocycles. The third-order valence-corrected chi connectivity index (χ3v) is 4.47. The van der Waals surface area contributed by atoms with Gasteiger partial charge in [0.05, 0.1) is 36.2 Å². The van der Waals surface area contributed by atoms with Gasteiger partial charge in [0.15, 0.2) is 0 Å². The number of morpholine rings is 1. The molecule has 10 heteroatoms. The number of aromatic nitrogens is 3. The van der Waals surface area contributed by atoms with E-state index < -0.39 is 17.3 Å². The van der Waals surface area contributed by atoms with Gasteiger partial charge in [-0.05, 0) is 32.9 Å². The molecule has 3 N–H and O–H groups in total. The van der Waals surface area contributed by atoms with Crippen LogP contribution in [-0.4, -0.2) is 45.9 Å². The summed E-state index contributed by atoms with van der Waals surface area (Å²) in [5, 5.41) is 10.4. The van der Waals surface area contributed by atoms with Gasteiger partial charge in [-0.25, -0.2) is 15.0 Å². The van der Waals surface area contributed by atoms with Gasteiger partial charge in [0.2, 0.25) is 5.95 Å². The largest absolute Gasteiger partial charge is 0.417 e. The molecule has 1 aliphatic heterocycles. The second kappa shape index (κ2) is 7.17. The summed E-state index contributed by atoms with van der Waals surface area (Å²) in [6.45, 7) is 6.32. The zero-order valence-corrected chi connectivity index (χ0v) is 15.8. The van der Waals surface area contributed by atoms with Crippen molar-refractivity contribution in [3.63, 3.8) is 0 Å². The average Bonchev–Trinajstić information content (AvgIpc) is 2.60. The minimum absolute atomic E-state index is 0.0145. The monoisotopic (exact) mass is 397 g/mol. The maximum absolute atomic E-state index is 13.6. The normalized spacial score (nSPS) is 18.4. The fourth-order valence-electron chi connectivity index (χ4n) is 2.95. The van der Waals surface area contributed by atoms with Gasteiger partial charge in [0, 0.05) is 18.3 Å². The predicted molar refractivity (Wildman–Crippen MR) is 97.5 cm³/mol. The Bertz CT molecular complexity index is 867. The molecule has 1 atom stereocenters. The number of nitrogens with two attached hydrogens (primary N) is 1. The van der Waals surface area contributed by atoms with E-state index in [2.05, 4.69) is 15.0 Å². The summed E-state index contributed by atoms with van der Waals surface area (Å²) in [4.78, 5) is 14.4. The highest BCUT2D eigenvalue weighted by atomic mass is 19.4. The predicted octanol–water partition coefficient (Wildman–Crippen LogP) is 2.59. The molecule has 0 aliphatic carbocycles. The maximum atomic E-state index is 13.6. The van der Waals surface area contributed by atoms with Crippen molar-refractivity contribution in [2.45, 2.75) is 38.6 Å². The van der Waals surface area contributed by atoms with Crippen molar-refractivity contribution in [1.29, 1.82) is 0 Å². The van der Waals surface area contributed by atoms with Crippen LogP contribution in [0, 0.1) is 0 Å². The van der Waals surface area contributed by atoms with Crippen molar-refractivity contribution in [3.8, 4) is 11.3 Å². The molecule has 0 amide bonds. The number of rotatable bonds is 3. The zero-order chi connectivity index (χ0) is 20.7. The highest BCUT2D eigenvalue weighted by Gasteiger charge is 2.35. The SMILES string of the molecule is C[C@@H]1COCCN1c1nc(-c2cnc(N)cc2C(F)(F)F)cc(C(C)(C)O)n1. The van der Waals surface area contributed by atoms with Crippen molar-refractivity contribution in [1.82, 2.24) is 15.0 Å². The molecule has 1 saturated heterocycles. The molecule has 0 spiro atoms. The lowest BCUT2D eigenvalue weighted by molar-refractivity contribution is -0.137. The highest BCUT2D eigenvalue weighted by Crippen LogP contribution is 2.38. The summed E-state index contributed by atoms with van der Waals surface area (Å²) in [5.41, 5.74) is 3.14. The van der Waals surface area contributed by atoms with Gasteiger partial charge >= 0.3 is 6.18 Å². The molecule has 7 nitrogen and oxygen atoms in total. The van der Waals surface area contributed by atoms with E-state index in [1.807, 2.05) is 11.8 Å². The fraction of sp³-hybridized carbons (Fsp3) is 0.500. The number of aliphatic hydroxyl groups is 1. The van der Waals surface area contributed by atoms with E-state index in [4.69, 9.17) is 10.5 Å². The number of hydrogen-bond donors (Lipinski definition) is 2. The smallest absolute Gasteiger partial charge is 0.384 e. The standard InChI is InChI=1S/C18H22F3N5O2/c1-10-9-28-5-4-26(10)16-24-13(7-14(25-16)17(2,3)27)11-8-23-15(22)6-12(11)18(19,20)21/h6-8,10,27H,4-5,9H2,1-3H3,(H2,22,23)/t10-/m1/s1. The Hall–Kier alpha value is -2.46. The fourth-order valence-corrected chi connectivity index (χ4v) is 2.95. The Balaban J connectivity index is 2.20. The molecular formula is C18H22F3N5O2. The molecule has 152 valence electrons. The Kier molecular flexibility index (Phi) is 5.20. The Morgan fingerprint density at radius 3 is 2.57 bits per heavy atom. The molecule has 0 saturated carbocycles. The second-order valence-electron chi connectivity index (χ2n) is 7.27. The van der Waals surface area contributed by atoms with Gasteiger partial charge in [-0.15, -0.1) is 0 Å². The van der Waals surface area contributed by atoms with Gasteiger partial charge in [-0.2, -0.15) is 13.2 Å². The van der Waals surface area contributed by atoms with Crippen LogP contribution in [0.25, 0.3) is 11.3 Å². The number of hydrogen-bond acceptors (Lipinski definition) is 7. The van der Waals surface area contributed by atoms with Crippen LogP contribution < -0.4 is 10.6 Å². The van der Waals surface area contributed by atoms with Crippen molar-refractivity contribution < 1.29 is 23.0 Å². The van der Waals surface area contributed by atoms with E-state index in [9.17, 15) is 18.3 Å². The molecule has 0 radical (unpaired) electrons. The lowest BCUT2D eigenvalue weighted by Gasteiger charge is -2.34. The van der Waals surface area contributed by atoms with Crippen LogP contribution in [0.1, 0.15) is 32.0 Å². The minimum Gasteiger partial charge on any atom is -0.384 e.